The van der Waals surface area contributed by atoms with E-state index in [1.54, 1.807) is 0 Å². The van der Waals surface area contributed by atoms with Gasteiger partial charge in [0.1, 0.15) is 0 Å². The lowest BCUT2D eigenvalue weighted by Gasteiger charge is -1.87. The quantitative estimate of drug-likeness (QED) is 0.369. The fourth-order valence-electron chi connectivity index (χ4n) is 0.111. The van der Waals surface area contributed by atoms with Gasteiger partial charge in [0.05, 0.1) is 6.26 Å². The van der Waals surface area contributed by atoms with Gasteiger partial charge in [0.2, 0.25) is 0 Å². The fraction of sp³-hybridized carbons (Fsp3) is 1.00. The molecule has 0 rings (SSSR count). The summed E-state index contributed by atoms with van der Waals surface area (Å²) in [6.07, 6.45) is 0.593. The third-order valence-electron chi connectivity index (χ3n) is 0.196. The summed E-state index contributed by atoms with van der Waals surface area (Å²) < 4.78 is 22.7. The topological polar surface area (TPSA) is 86.5 Å². The van der Waals surface area contributed by atoms with Crippen LogP contribution in [0.4, 0.5) is 0 Å². The average Bonchev–Trinajstić information content (AvgIpc) is 1.21. The lowest BCUT2D eigenvalue weighted by Crippen LogP contribution is -2.08. The van der Waals surface area contributed by atoms with Gasteiger partial charge in [0.15, 0.2) is 0 Å². The Balaban J connectivity index is 3.95. The second kappa shape index (κ2) is 1.95. The highest BCUT2D eigenvalue weighted by molar-refractivity contribution is 7.85. The molecule has 48 valence electrons. The highest BCUT2D eigenvalue weighted by atomic mass is 32.2. The summed E-state index contributed by atoms with van der Waals surface area (Å²) in [6.45, 7) is 0. The van der Waals surface area contributed by atoms with Crippen LogP contribution in [0.3, 0.4) is 0 Å². The molecule has 0 fully saturated rings. The maximum Gasteiger partial charge on any atom is 0.310 e. The van der Waals surface area contributed by atoms with Crippen molar-refractivity contribution in [2.24, 2.45) is 0 Å². The molecule has 0 saturated carbocycles. The van der Waals surface area contributed by atoms with Crippen molar-refractivity contribution in [2.75, 3.05) is 6.26 Å². The van der Waals surface area contributed by atoms with Crippen LogP contribution >= 0.6 is 0 Å². The van der Waals surface area contributed by atoms with Crippen LogP contribution in [0.25, 0.3) is 0 Å². The molecule has 6 nitrogen and oxygen atoms in total. The molecule has 0 spiro atoms. The molecule has 0 bridgehead atoms. The van der Waals surface area contributed by atoms with Gasteiger partial charge in [0.25, 0.3) is 0 Å². The lowest BCUT2D eigenvalue weighted by atomic mass is 12.0. The summed E-state index contributed by atoms with van der Waals surface area (Å²) in [5.74, 6) is 0. The SMILES string of the molecule is CS(=O)(=O)O[N+](=O)[O-]. The molecule has 0 aromatic rings. The zero-order chi connectivity index (χ0) is 6.78. The number of hydrogen-bond acceptors (Lipinski definition) is 5. The van der Waals surface area contributed by atoms with Crippen molar-refractivity contribution in [3.05, 3.63) is 10.1 Å². The van der Waals surface area contributed by atoms with E-state index in [1.165, 1.54) is 0 Å². The fourth-order valence-corrected chi connectivity index (χ4v) is 0.332. The minimum Gasteiger partial charge on any atom is -0.201 e. The number of hydrogen-bond donors (Lipinski definition) is 0. The average molecular weight is 141 g/mol. The second-order valence-electron chi connectivity index (χ2n) is 1.00. The van der Waals surface area contributed by atoms with Gasteiger partial charge in [0, 0.05) is 0 Å². The number of rotatable bonds is 2. The molecule has 0 aromatic carbocycles. The van der Waals surface area contributed by atoms with Crippen molar-refractivity contribution in [3.8, 4) is 0 Å². The first-order valence-corrected chi connectivity index (χ1v) is 3.27. The summed E-state index contributed by atoms with van der Waals surface area (Å²) in [6, 6.07) is 0. The molecule has 0 radical (unpaired) electrons. The highest BCUT2D eigenvalue weighted by Gasteiger charge is 2.05. The van der Waals surface area contributed by atoms with Gasteiger partial charge in [-0.3, -0.25) is 0 Å². The largest absolute Gasteiger partial charge is 0.310 e. The molecular weight excluding hydrogens is 138 g/mol. The molecule has 0 aliphatic carbocycles. The van der Waals surface area contributed by atoms with E-state index >= 15 is 0 Å². The van der Waals surface area contributed by atoms with E-state index in [2.05, 4.69) is 4.28 Å². The van der Waals surface area contributed by atoms with Crippen molar-refractivity contribution >= 4 is 10.1 Å². The van der Waals surface area contributed by atoms with Crippen molar-refractivity contribution in [2.45, 2.75) is 0 Å². The third-order valence-corrected chi connectivity index (χ3v) is 0.589. The van der Waals surface area contributed by atoms with Gasteiger partial charge in [-0.2, -0.15) is 4.28 Å². The van der Waals surface area contributed by atoms with E-state index in [4.69, 9.17) is 0 Å². The Hall–Kier alpha value is -0.850. The monoisotopic (exact) mass is 141 g/mol. The Labute approximate surface area is 45.3 Å². The van der Waals surface area contributed by atoms with Crippen molar-refractivity contribution < 1.29 is 17.8 Å². The molecule has 0 N–H and O–H groups in total. The van der Waals surface area contributed by atoms with Crippen LogP contribution in [-0.4, -0.2) is 19.8 Å². The van der Waals surface area contributed by atoms with Crippen molar-refractivity contribution in [3.63, 3.8) is 0 Å². The summed E-state index contributed by atoms with van der Waals surface area (Å²) in [5, 5.41) is 7.84. The predicted molar refractivity (Wildman–Crippen MR) is 22.9 cm³/mol. The van der Waals surface area contributed by atoms with Gasteiger partial charge in [-0.1, -0.05) is 0 Å². The van der Waals surface area contributed by atoms with Crippen LogP contribution < -0.4 is 0 Å². The Morgan fingerprint density at radius 1 is 1.62 bits per heavy atom. The van der Waals surface area contributed by atoms with Crippen LogP contribution in [-0.2, 0) is 14.4 Å². The molecule has 8 heavy (non-hydrogen) atoms. The maximum absolute atomic E-state index is 9.78. The van der Waals surface area contributed by atoms with Gasteiger partial charge < -0.3 is 0 Å². The normalized spacial score (nSPS) is 10.6. The Morgan fingerprint density at radius 3 is 2.00 bits per heavy atom. The highest BCUT2D eigenvalue weighted by Crippen LogP contribution is 1.83. The first-order chi connectivity index (χ1) is 3.42. The summed E-state index contributed by atoms with van der Waals surface area (Å²) in [7, 11) is -3.92. The third kappa shape index (κ3) is 5.15. The minimum absolute atomic E-state index is 0.593. The van der Waals surface area contributed by atoms with Crippen LogP contribution in [0.5, 0.6) is 0 Å². The Kier molecular flexibility index (Phi) is 1.74. The number of nitrogens with zero attached hydrogens (tertiary/aromatic N) is 1. The molecule has 0 unspecified atom stereocenters. The standard InChI is InChI=1S/CH3NO5S/c1-8(5,6)7-2(3)4/h1H3. The summed E-state index contributed by atoms with van der Waals surface area (Å²) in [4.78, 5) is 9.22. The molecule has 0 aliphatic rings. The van der Waals surface area contributed by atoms with E-state index in [9.17, 15) is 18.5 Å². The predicted octanol–water partition coefficient (Wildman–Crippen LogP) is -0.846. The molecule has 0 atom stereocenters. The van der Waals surface area contributed by atoms with E-state index in [0.29, 0.717) is 6.26 Å². The van der Waals surface area contributed by atoms with Gasteiger partial charge >= 0.3 is 15.2 Å². The molecular formula is CH3NO5S. The molecule has 0 heterocycles. The van der Waals surface area contributed by atoms with Crippen molar-refractivity contribution in [1.82, 2.24) is 0 Å². The van der Waals surface area contributed by atoms with E-state index in [-0.39, 0.29) is 0 Å². The van der Waals surface area contributed by atoms with Crippen LogP contribution in [0, 0.1) is 10.1 Å². The molecule has 0 saturated heterocycles. The van der Waals surface area contributed by atoms with Crippen LogP contribution in [0.2, 0.25) is 0 Å². The molecule has 0 aliphatic heterocycles. The van der Waals surface area contributed by atoms with Crippen LogP contribution in [0.15, 0.2) is 0 Å². The van der Waals surface area contributed by atoms with Gasteiger partial charge in [-0.05, 0) is 0 Å². The van der Waals surface area contributed by atoms with Gasteiger partial charge in [-0.15, -0.1) is 10.1 Å². The molecule has 0 amide bonds. The Morgan fingerprint density at radius 2 is 2.00 bits per heavy atom. The first kappa shape index (κ1) is 7.15. The minimum atomic E-state index is -3.92. The Bertz CT molecular complexity index is 179. The molecule has 0 aromatic heterocycles. The van der Waals surface area contributed by atoms with Gasteiger partial charge in [-0.25, -0.2) is 8.42 Å². The van der Waals surface area contributed by atoms with E-state index < -0.39 is 15.2 Å². The first-order valence-electron chi connectivity index (χ1n) is 1.46. The van der Waals surface area contributed by atoms with E-state index in [0.717, 1.165) is 0 Å². The smallest absolute Gasteiger partial charge is 0.201 e. The second-order valence-corrected chi connectivity index (χ2v) is 2.56. The lowest BCUT2D eigenvalue weighted by molar-refractivity contribution is -0.711. The summed E-state index contributed by atoms with van der Waals surface area (Å²) >= 11 is 0. The zero-order valence-electron chi connectivity index (χ0n) is 3.90. The zero-order valence-corrected chi connectivity index (χ0v) is 4.71. The maximum atomic E-state index is 9.78. The summed E-state index contributed by atoms with van der Waals surface area (Å²) in [5.41, 5.74) is 0. The van der Waals surface area contributed by atoms with E-state index in [1.807, 2.05) is 0 Å². The van der Waals surface area contributed by atoms with Crippen LogP contribution in [0.1, 0.15) is 0 Å². The molecule has 7 heteroatoms. The van der Waals surface area contributed by atoms with Crippen molar-refractivity contribution in [1.29, 1.82) is 0 Å².